The predicted octanol–water partition coefficient (Wildman–Crippen LogP) is 1.54. The summed E-state index contributed by atoms with van der Waals surface area (Å²) in [6.45, 7) is 1.01. The summed E-state index contributed by atoms with van der Waals surface area (Å²) in [6.07, 6.45) is 7.35. The molecular formula is C17H19N5O2. The summed E-state index contributed by atoms with van der Waals surface area (Å²) < 4.78 is 6.57. The van der Waals surface area contributed by atoms with Crippen molar-refractivity contribution in [3.8, 4) is 17.3 Å². The molecule has 0 aromatic carbocycles. The van der Waals surface area contributed by atoms with E-state index in [1.807, 2.05) is 18.2 Å². The zero-order valence-electron chi connectivity index (χ0n) is 13.7. The van der Waals surface area contributed by atoms with Crippen LogP contribution in [0.3, 0.4) is 0 Å². The van der Waals surface area contributed by atoms with Crippen molar-refractivity contribution in [2.45, 2.75) is 6.42 Å². The lowest BCUT2D eigenvalue weighted by atomic mass is 10.1. The van der Waals surface area contributed by atoms with E-state index in [-0.39, 0.29) is 5.57 Å². The van der Waals surface area contributed by atoms with Gasteiger partial charge in [-0.1, -0.05) is 0 Å². The first-order valence-electron chi connectivity index (χ1n) is 7.48. The molecule has 24 heavy (non-hydrogen) atoms. The molecule has 0 aliphatic heterocycles. The van der Waals surface area contributed by atoms with E-state index in [9.17, 15) is 10.1 Å². The third-order valence-electron chi connectivity index (χ3n) is 3.29. The third kappa shape index (κ3) is 4.51. The van der Waals surface area contributed by atoms with E-state index in [0.29, 0.717) is 30.8 Å². The van der Waals surface area contributed by atoms with Gasteiger partial charge in [-0.05, 0) is 24.6 Å². The predicted molar refractivity (Wildman–Crippen MR) is 89.5 cm³/mol. The van der Waals surface area contributed by atoms with Gasteiger partial charge in [0, 0.05) is 57.0 Å². The minimum Gasteiger partial charge on any atom is -0.385 e. The standard InChI is InChI=1S/C17H19N5O2/c1-22-12-15(16(21-22)13-4-7-19-8-5-13)10-14(11-18)17(23)20-6-3-9-24-2/h4-5,7-8,10,12H,3,6,9H2,1-2H3,(H,20,23). The molecule has 2 aromatic heterocycles. The first kappa shape index (κ1) is 17.4. The van der Waals surface area contributed by atoms with Gasteiger partial charge in [-0.2, -0.15) is 10.4 Å². The molecule has 0 saturated carbocycles. The van der Waals surface area contributed by atoms with E-state index < -0.39 is 5.91 Å². The lowest BCUT2D eigenvalue weighted by Gasteiger charge is -2.04. The highest BCUT2D eigenvalue weighted by Crippen LogP contribution is 2.23. The van der Waals surface area contributed by atoms with Crippen molar-refractivity contribution in [2.24, 2.45) is 7.05 Å². The number of nitrogens with one attached hydrogen (secondary N) is 1. The average molecular weight is 325 g/mol. The topological polar surface area (TPSA) is 92.8 Å². The molecule has 0 aliphatic carbocycles. The van der Waals surface area contributed by atoms with Crippen LogP contribution in [0, 0.1) is 11.3 Å². The Morgan fingerprint density at radius 3 is 2.88 bits per heavy atom. The minimum absolute atomic E-state index is 0.0377. The highest BCUT2D eigenvalue weighted by molar-refractivity contribution is 6.02. The number of amides is 1. The zero-order chi connectivity index (χ0) is 17.4. The number of carbonyl (C=O) groups excluding carboxylic acids is 1. The Morgan fingerprint density at radius 1 is 1.46 bits per heavy atom. The number of hydrogen-bond acceptors (Lipinski definition) is 5. The largest absolute Gasteiger partial charge is 0.385 e. The van der Waals surface area contributed by atoms with E-state index in [1.165, 1.54) is 0 Å². The first-order chi connectivity index (χ1) is 11.7. The van der Waals surface area contributed by atoms with Crippen molar-refractivity contribution >= 4 is 12.0 Å². The molecule has 0 atom stereocenters. The van der Waals surface area contributed by atoms with E-state index in [4.69, 9.17) is 4.74 Å². The van der Waals surface area contributed by atoms with Crippen molar-refractivity contribution in [2.75, 3.05) is 20.3 Å². The Morgan fingerprint density at radius 2 is 2.21 bits per heavy atom. The highest BCUT2D eigenvalue weighted by atomic mass is 16.5. The van der Waals surface area contributed by atoms with Crippen molar-refractivity contribution < 1.29 is 9.53 Å². The Kier molecular flexibility index (Phi) is 6.23. The number of aromatic nitrogens is 3. The van der Waals surface area contributed by atoms with Gasteiger partial charge in [-0.15, -0.1) is 0 Å². The minimum atomic E-state index is -0.405. The number of carbonyl (C=O) groups is 1. The maximum absolute atomic E-state index is 12.1. The molecule has 2 heterocycles. The van der Waals surface area contributed by atoms with Crippen LogP contribution in [0.5, 0.6) is 0 Å². The molecule has 0 spiro atoms. The van der Waals surface area contributed by atoms with Crippen molar-refractivity contribution in [3.63, 3.8) is 0 Å². The number of ether oxygens (including phenoxy) is 1. The molecule has 1 N–H and O–H groups in total. The van der Waals surface area contributed by atoms with Gasteiger partial charge in [0.05, 0.1) is 5.69 Å². The molecule has 0 fully saturated rings. The molecular weight excluding hydrogens is 306 g/mol. The number of nitrogens with zero attached hydrogens (tertiary/aromatic N) is 4. The number of methoxy groups -OCH3 is 1. The smallest absolute Gasteiger partial charge is 0.261 e. The quantitative estimate of drug-likeness (QED) is 0.473. The molecule has 7 heteroatoms. The van der Waals surface area contributed by atoms with Crippen LogP contribution < -0.4 is 5.32 Å². The van der Waals surface area contributed by atoms with Gasteiger partial charge in [0.2, 0.25) is 0 Å². The average Bonchev–Trinajstić information content (AvgIpc) is 2.97. The second kappa shape index (κ2) is 8.60. The van der Waals surface area contributed by atoms with Crippen LogP contribution in [0.1, 0.15) is 12.0 Å². The maximum atomic E-state index is 12.1. The lowest BCUT2D eigenvalue weighted by Crippen LogP contribution is -2.26. The monoisotopic (exact) mass is 325 g/mol. The van der Waals surface area contributed by atoms with Crippen molar-refractivity contribution in [1.29, 1.82) is 5.26 Å². The van der Waals surface area contributed by atoms with Gasteiger partial charge in [-0.3, -0.25) is 14.5 Å². The van der Waals surface area contributed by atoms with Gasteiger partial charge < -0.3 is 10.1 Å². The number of rotatable bonds is 7. The normalized spacial score (nSPS) is 11.1. The van der Waals surface area contributed by atoms with Gasteiger partial charge >= 0.3 is 0 Å². The fraction of sp³-hybridized carbons (Fsp3) is 0.294. The van der Waals surface area contributed by atoms with Crippen molar-refractivity contribution in [3.05, 3.63) is 41.9 Å². The lowest BCUT2D eigenvalue weighted by molar-refractivity contribution is -0.117. The summed E-state index contributed by atoms with van der Waals surface area (Å²) in [6, 6.07) is 5.61. The van der Waals surface area contributed by atoms with Crippen LogP contribution in [0.2, 0.25) is 0 Å². The van der Waals surface area contributed by atoms with E-state index >= 15 is 0 Å². The fourth-order valence-corrected chi connectivity index (χ4v) is 2.16. The zero-order valence-corrected chi connectivity index (χ0v) is 13.7. The molecule has 0 radical (unpaired) electrons. The Labute approximate surface area is 140 Å². The number of hydrogen-bond donors (Lipinski definition) is 1. The van der Waals surface area contributed by atoms with E-state index in [2.05, 4.69) is 15.4 Å². The third-order valence-corrected chi connectivity index (χ3v) is 3.29. The molecule has 0 aliphatic rings. The summed E-state index contributed by atoms with van der Waals surface area (Å²) in [7, 11) is 3.39. The molecule has 0 saturated heterocycles. The highest BCUT2D eigenvalue weighted by Gasteiger charge is 2.13. The molecule has 1 amide bonds. The number of nitriles is 1. The maximum Gasteiger partial charge on any atom is 0.261 e. The molecule has 7 nitrogen and oxygen atoms in total. The van der Waals surface area contributed by atoms with Crippen molar-refractivity contribution in [1.82, 2.24) is 20.1 Å². The van der Waals surface area contributed by atoms with Gasteiger partial charge in [0.1, 0.15) is 11.6 Å². The summed E-state index contributed by atoms with van der Waals surface area (Å²) in [5.41, 5.74) is 2.30. The molecule has 2 aromatic rings. The van der Waals surface area contributed by atoms with Crippen LogP contribution in [-0.4, -0.2) is 40.9 Å². The molecule has 0 unspecified atom stereocenters. The second-order valence-electron chi connectivity index (χ2n) is 5.11. The SMILES string of the molecule is COCCCNC(=O)C(C#N)=Cc1cn(C)nc1-c1ccncc1. The van der Waals surface area contributed by atoms with E-state index in [1.54, 1.807) is 43.5 Å². The number of pyridine rings is 1. The Bertz CT molecular complexity index is 759. The summed E-state index contributed by atoms with van der Waals surface area (Å²) in [4.78, 5) is 16.1. The molecule has 0 bridgehead atoms. The van der Waals surface area contributed by atoms with Gasteiger partial charge in [0.25, 0.3) is 5.91 Å². The summed E-state index contributed by atoms with van der Waals surface area (Å²) in [5, 5.41) is 16.4. The Hall–Kier alpha value is -2.98. The molecule has 2 rings (SSSR count). The van der Waals surface area contributed by atoms with Crippen LogP contribution in [0.25, 0.3) is 17.3 Å². The fourth-order valence-electron chi connectivity index (χ4n) is 2.16. The van der Waals surface area contributed by atoms with Gasteiger partial charge in [0.15, 0.2) is 0 Å². The van der Waals surface area contributed by atoms with E-state index in [0.717, 1.165) is 5.56 Å². The van der Waals surface area contributed by atoms with Crippen LogP contribution >= 0.6 is 0 Å². The van der Waals surface area contributed by atoms with Crippen LogP contribution in [0.15, 0.2) is 36.3 Å². The molecule has 124 valence electrons. The second-order valence-corrected chi connectivity index (χ2v) is 5.11. The van der Waals surface area contributed by atoms with Crippen LogP contribution in [-0.2, 0) is 16.6 Å². The van der Waals surface area contributed by atoms with Crippen LogP contribution in [0.4, 0.5) is 0 Å². The Balaban J connectivity index is 2.22. The van der Waals surface area contributed by atoms with Gasteiger partial charge in [-0.25, -0.2) is 0 Å². The number of aryl methyl sites for hydroxylation is 1. The first-order valence-corrected chi connectivity index (χ1v) is 7.48. The summed E-state index contributed by atoms with van der Waals surface area (Å²) >= 11 is 0. The summed E-state index contributed by atoms with van der Waals surface area (Å²) in [5.74, 6) is -0.405.